The number of hydrogen-bond donors (Lipinski definition) is 0. The van der Waals surface area contributed by atoms with Crippen LogP contribution in [0.5, 0.6) is 17.2 Å². The molecule has 0 aliphatic rings. The van der Waals surface area contributed by atoms with Crippen LogP contribution in [0.4, 0.5) is 5.69 Å². The summed E-state index contributed by atoms with van der Waals surface area (Å²) < 4.78 is 23.7. The summed E-state index contributed by atoms with van der Waals surface area (Å²) in [5.74, 6) is 3.30. The molecule has 0 saturated heterocycles. The zero-order valence-electron chi connectivity index (χ0n) is 34.4. The summed E-state index contributed by atoms with van der Waals surface area (Å²) in [7, 11) is 1.68. The second-order valence-corrected chi connectivity index (χ2v) is 14.9. The van der Waals surface area contributed by atoms with Crippen LogP contribution in [0, 0.1) is 0 Å². The van der Waals surface area contributed by atoms with E-state index in [2.05, 4.69) is 29.0 Å². The average molecular weight is 752 g/mol. The van der Waals surface area contributed by atoms with Crippen molar-refractivity contribution in [1.29, 1.82) is 0 Å². The number of rotatable bonds is 31. The van der Waals surface area contributed by atoms with Crippen LogP contribution in [0.15, 0.2) is 76.1 Å². The summed E-state index contributed by atoms with van der Waals surface area (Å²) >= 11 is 0. The molecule has 55 heavy (non-hydrogen) atoms. The van der Waals surface area contributed by atoms with Gasteiger partial charge in [-0.05, 0) is 85.1 Å². The molecule has 0 aliphatic heterocycles. The van der Waals surface area contributed by atoms with Gasteiger partial charge in [-0.15, -0.1) is 10.2 Å². The van der Waals surface area contributed by atoms with Crippen LogP contribution >= 0.6 is 0 Å². The Labute approximate surface area is 332 Å². The summed E-state index contributed by atoms with van der Waals surface area (Å²) in [5, 5.41) is 8.56. The van der Waals surface area contributed by atoms with Crippen molar-refractivity contribution < 1.29 is 18.6 Å². The Morgan fingerprint density at radius 2 is 0.964 bits per heavy atom. The second-order valence-electron chi connectivity index (χ2n) is 14.9. The largest absolute Gasteiger partial charge is 0.494 e. The Morgan fingerprint density at radius 1 is 0.509 bits per heavy atom. The van der Waals surface area contributed by atoms with Gasteiger partial charge in [0.2, 0.25) is 11.8 Å². The third-order valence-corrected chi connectivity index (χ3v) is 10.2. The van der Waals surface area contributed by atoms with Gasteiger partial charge in [0.25, 0.3) is 0 Å². The van der Waals surface area contributed by atoms with Crippen LogP contribution in [0.1, 0.15) is 161 Å². The molecule has 0 bridgehead atoms. The van der Waals surface area contributed by atoms with Crippen LogP contribution < -0.4 is 14.2 Å². The van der Waals surface area contributed by atoms with Gasteiger partial charge in [0, 0.05) is 17.3 Å². The molecule has 4 rings (SSSR count). The van der Waals surface area contributed by atoms with E-state index in [1.165, 1.54) is 128 Å². The third-order valence-electron chi connectivity index (χ3n) is 10.2. The smallest absolute Gasteiger partial charge is 0.248 e. The van der Waals surface area contributed by atoms with Crippen molar-refractivity contribution in [3.05, 3.63) is 72.3 Å². The lowest BCUT2D eigenvalue weighted by molar-refractivity contribution is 0.284. The first-order chi connectivity index (χ1) is 27.2. The molecule has 0 aliphatic carbocycles. The molecule has 7 nitrogen and oxygen atoms in total. The highest BCUT2D eigenvalue weighted by Crippen LogP contribution is 2.29. The second kappa shape index (κ2) is 27.5. The summed E-state index contributed by atoms with van der Waals surface area (Å²) in [5.41, 5.74) is 3.46. The molecular weight excluding hydrogens is 683 g/mol. The predicted molar refractivity (Wildman–Crippen MR) is 229 cm³/mol. The van der Waals surface area contributed by atoms with Crippen molar-refractivity contribution in [2.24, 2.45) is 4.99 Å². The van der Waals surface area contributed by atoms with E-state index in [0.29, 0.717) is 18.4 Å². The molecule has 3 aromatic carbocycles. The van der Waals surface area contributed by atoms with Crippen molar-refractivity contribution >= 4 is 11.9 Å². The maximum atomic E-state index is 6.09. The van der Waals surface area contributed by atoms with Crippen LogP contribution in [0.25, 0.3) is 22.9 Å². The van der Waals surface area contributed by atoms with E-state index in [9.17, 15) is 0 Å². The summed E-state index contributed by atoms with van der Waals surface area (Å²) in [6.07, 6.45) is 31.1. The molecule has 300 valence electrons. The van der Waals surface area contributed by atoms with Crippen LogP contribution in [-0.4, -0.2) is 36.7 Å². The van der Waals surface area contributed by atoms with Crippen molar-refractivity contribution in [2.75, 3.05) is 20.3 Å². The Morgan fingerprint density at radius 3 is 1.45 bits per heavy atom. The van der Waals surface area contributed by atoms with Crippen LogP contribution in [-0.2, 0) is 0 Å². The number of benzene rings is 3. The van der Waals surface area contributed by atoms with Gasteiger partial charge in [0.15, 0.2) is 11.5 Å². The first-order valence-electron chi connectivity index (χ1n) is 21.7. The zero-order valence-corrected chi connectivity index (χ0v) is 34.4. The average Bonchev–Trinajstić information content (AvgIpc) is 3.72. The Balaban J connectivity index is 1.10. The fourth-order valence-corrected chi connectivity index (χ4v) is 6.78. The molecule has 4 aromatic rings. The molecular formula is C48H69N3O4. The van der Waals surface area contributed by atoms with Crippen molar-refractivity contribution in [3.63, 3.8) is 0 Å². The van der Waals surface area contributed by atoms with E-state index >= 15 is 0 Å². The molecule has 7 heteroatoms. The van der Waals surface area contributed by atoms with Crippen molar-refractivity contribution in [2.45, 2.75) is 155 Å². The molecule has 0 spiro atoms. The molecule has 1 aromatic heterocycles. The minimum atomic E-state index is 0.467. The molecule has 0 saturated carbocycles. The predicted octanol–water partition coefficient (Wildman–Crippen LogP) is 14.5. The SMILES string of the molecule is CCCCCCCCCCCCCCCCCCOc1ccc(C=Nc2ccc(-c3nnc(-c4ccc(OCCCCCCCC)cc4)o3)cc2)cc1OC. The van der Waals surface area contributed by atoms with Gasteiger partial charge < -0.3 is 18.6 Å². The summed E-state index contributed by atoms with van der Waals surface area (Å²) in [4.78, 5) is 4.67. The highest BCUT2D eigenvalue weighted by atomic mass is 16.5. The van der Waals surface area contributed by atoms with E-state index in [4.69, 9.17) is 18.6 Å². The number of nitrogens with zero attached hydrogens (tertiary/aromatic N) is 3. The van der Waals surface area contributed by atoms with E-state index in [1.54, 1.807) is 7.11 Å². The van der Waals surface area contributed by atoms with E-state index < -0.39 is 0 Å². The van der Waals surface area contributed by atoms with E-state index in [0.717, 1.165) is 59.1 Å². The maximum Gasteiger partial charge on any atom is 0.248 e. The Hall–Kier alpha value is -4.13. The lowest BCUT2D eigenvalue weighted by atomic mass is 10.0. The van der Waals surface area contributed by atoms with Crippen LogP contribution in [0.3, 0.4) is 0 Å². The number of methoxy groups -OCH3 is 1. The first-order valence-corrected chi connectivity index (χ1v) is 21.7. The zero-order chi connectivity index (χ0) is 38.6. The molecule has 0 N–H and O–H groups in total. The highest BCUT2D eigenvalue weighted by Gasteiger charge is 2.11. The van der Waals surface area contributed by atoms with Gasteiger partial charge >= 0.3 is 0 Å². The van der Waals surface area contributed by atoms with Gasteiger partial charge in [0.05, 0.1) is 26.0 Å². The van der Waals surface area contributed by atoms with E-state index in [1.807, 2.05) is 72.9 Å². The minimum absolute atomic E-state index is 0.467. The van der Waals surface area contributed by atoms with Crippen LogP contribution in [0.2, 0.25) is 0 Å². The lowest BCUT2D eigenvalue weighted by Gasteiger charge is -2.11. The molecule has 0 amide bonds. The van der Waals surface area contributed by atoms with Crippen molar-refractivity contribution in [3.8, 4) is 40.2 Å². The Kier molecular flexibility index (Phi) is 21.8. The molecule has 0 unspecified atom stereocenters. The standard InChI is InChI=1S/C48H69N3O4/c1-4-6-8-10-12-13-14-15-16-17-18-19-20-21-23-25-37-54-45-35-26-40(38-46(45)52-3)39-49-43-31-27-41(28-32-43)47-50-51-48(55-47)42-29-33-44(34-30-42)53-36-24-22-11-9-7-5-2/h26-35,38-39H,4-25,36-37H2,1-3H3. The quantitative estimate of drug-likeness (QED) is 0.0376. The normalized spacial score (nSPS) is 11.4. The topological polar surface area (TPSA) is 79.0 Å². The maximum absolute atomic E-state index is 6.09. The minimum Gasteiger partial charge on any atom is -0.494 e. The molecule has 0 atom stereocenters. The lowest BCUT2D eigenvalue weighted by Crippen LogP contribution is -2.00. The number of aromatic nitrogens is 2. The van der Waals surface area contributed by atoms with Crippen molar-refractivity contribution in [1.82, 2.24) is 10.2 Å². The van der Waals surface area contributed by atoms with Gasteiger partial charge in [-0.1, -0.05) is 142 Å². The number of ether oxygens (including phenoxy) is 3. The van der Waals surface area contributed by atoms with Gasteiger partial charge in [0.1, 0.15) is 5.75 Å². The molecule has 0 fully saturated rings. The summed E-state index contributed by atoms with van der Waals surface area (Å²) in [6, 6.07) is 21.6. The van der Waals surface area contributed by atoms with Gasteiger partial charge in [-0.25, -0.2) is 0 Å². The monoisotopic (exact) mass is 752 g/mol. The number of unbranched alkanes of at least 4 members (excludes halogenated alkanes) is 20. The third kappa shape index (κ3) is 17.5. The summed E-state index contributed by atoms with van der Waals surface area (Å²) in [6.45, 7) is 5.98. The van der Waals surface area contributed by atoms with Gasteiger partial charge in [-0.3, -0.25) is 4.99 Å². The fourth-order valence-electron chi connectivity index (χ4n) is 6.78. The number of aliphatic imine (C=N–C) groups is 1. The molecule has 1 heterocycles. The molecule has 0 radical (unpaired) electrons. The Bertz CT molecular complexity index is 1580. The van der Waals surface area contributed by atoms with E-state index in [-0.39, 0.29) is 0 Å². The first kappa shape index (κ1) is 43.6. The number of hydrogen-bond acceptors (Lipinski definition) is 7. The van der Waals surface area contributed by atoms with Gasteiger partial charge in [-0.2, -0.15) is 0 Å². The highest BCUT2D eigenvalue weighted by molar-refractivity contribution is 5.83. The fraction of sp³-hybridized carbons (Fsp3) is 0.562.